The zero-order valence-corrected chi connectivity index (χ0v) is 5.26. The van der Waals surface area contributed by atoms with Gasteiger partial charge in [0, 0.05) is 18.9 Å². The van der Waals surface area contributed by atoms with Crippen molar-refractivity contribution in [1.29, 1.82) is 0 Å². The minimum Gasteiger partial charge on any atom is -0.335 e. The molecule has 0 aliphatic heterocycles. The number of hydrogen-bond acceptors (Lipinski definition) is 1. The van der Waals surface area contributed by atoms with E-state index in [4.69, 9.17) is 0 Å². The van der Waals surface area contributed by atoms with E-state index in [1.807, 2.05) is 19.3 Å². The van der Waals surface area contributed by atoms with Crippen molar-refractivity contribution in [2.75, 3.05) is 0 Å². The molecule has 1 rings (SSSR count). The molecule has 0 saturated heterocycles. The van der Waals surface area contributed by atoms with E-state index in [0.717, 1.165) is 12.4 Å². The molecule has 0 bridgehead atoms. The maximum atomic E-state index is 4.05. The van der Waals surface area contributed by atoms with Gasteiger partial charge in [0.15, 0.2) is 0 Å². The van der Waals surface area contributed by atoms with E-state index in [9.17, 15) is 0 Å². The second kappa shape index (κ2) is 1.99. The SMILES string of the molecule is CCn1ccnc1C. The first-order valence-corrected chi connectivity index (χ1v) is 2.82. The minimum absolute atomic E-state index is 1.02. The van der Waals surface area contributed by atoms with Gasteiger partial charge in [-0.1, -0.05) is 0 Å². The van der Waals surface area contributed by atoms with Gasteiger partial charge in [0.2, 0.25) is 0 Å². The van der Waals surface area contributed by atoms with E-state index < -0.39 is 0 Å². The molecular formula is C6H10N2. The van der Waals surface area contributed by atoms with Gasteiger partial charge in [-0.25, -0.2) is 4.98 Å². The van der Waals surface area contributed by atoms with Crippen LogP contribution in [-0.4, -0.2) is 9.55 Å². The second-order valence-corrected chi connectivity index (χ2v) is 1.76. The van der Waals surface area contributed by atoms with E-state index in [0.29, 0.717) is 0 Å². The highest BCUT2D eigenvalue weighted by Crippen LogP contribution is 1.92. The zero-order valence-electron chi connectivity index (χ0n) is 5.26. The highest BCUT2D eigenvalue weighted by molar-refractivity contribution is 4.87. The van der Waals surface area contributed by atoms with Crippen molar-refractivity contribution >= 4 is 0 Å². The summed E-state index contributed by atoms with van der Waals surface area (Å²) < 4.78 is 2.10. The van der Waals surface area contributed by atoms with Gasteiger partial charge >= 0.3 is 0 Å². The molecule has 0 aliphatic carbocycles. The molecule has 0 saturated carbocycles. The average Bonchev–Trinajstić information content (AvgIpc) is 2.14. The monoisotopic (exact) mass is 110 g/mol. The molecule has 0 radical (unpaired) electrons. The van der Waals surface area contributed by atoms with Crippen LogP contribution in [0.5, 0.6) is 0 Å². The first-order chi connectivity index (χ1) is 3.84. The van der Waals surface area contributed by atoms with Gasteiger partial charge in [-0.15, -0.1) is 0 Å². The smallest absolute Gasteiger partial charge is 0.105 e. The summed E-state index contributed by atoms with van der Waals surface area (Å²) >= 11 is 0. The van der Waals surface area contributed by atoms with Crippen LogP contribution in [-0.2, 0) is 6.54 Å². The molecule has 8 heavy (non-hydrogen) atoms. The quantitative estimate of drug-likeness (QED) is 0.531. The Labute approximate surface area is 49.2 Å². The van der Waals surface area contributed by atoms with E-state index in [-0.39, 0.29) is 0 Å². The summed E-state index contributed by atoms with van der Waals surface area (Å²) in [5.41, 5.74) is 0. The summed E-state index contributed by atoms with van der Waals surface area (Å²) in [5, 5.41) is 0. The molecule has 0 aromatic carbocycles. The Hall–Kier alpha value is -0.790. The van der Waals surface area contributed by atoms with Crippen LogP contribution in [0.25, 0.3) is 0 Å². The Morgan fingerprint density at radius 2 is 2.50 bits per heavy atom. The summed E-state index contributed by atoms with van der Waals surface area (Å²) in [6, 6.07) is 0. The maximum absolute atomic E-state index is 4.05. The van der Waals surface area contributed by atoms with Crippen LogP contribution in [0, 0.1) is 6.92 Å². The van der Waals surface area contributed by atoms with Gasteiger partial charge < -0.3 is 4.57 Å². The van der Waals surface area contributed by atoms with E-state index >= 15 is 0 Å². The van der Waals surface area contributed by atoms with Crippen LogP contribution >= 0.6 is 0 Å². The van der Waals surface area contributed by atoms with E-state index in [1.165, 1.54) is 0 Å². The number of aryl methyl sites for hydroxylation is 2. The van der Waals surface area contributed by atoms with E-state index in [2.05, 4.69) is 16.5 Å². The summed E-state index contributed by atoms with van der Waals surface area (Å²) in [6.07, 6.45) is 3.80. The fourth-order valence-corrected chi connectivity index (χ4v) is 0.738. The fourth-order valence-electron chi connectivity index (χ4n) is 0.738. The second-order valence-electron chi connectivity index (χ2n) is 1.76. The van der Waals surface area contributed by atoms with Gasteiger partial charge in [0.1, 0.15) is 5.82 Å². The van der Waals surface area contributed by atoms with Crippen LogP contribution in [0.4, 0.5) is 0 Å². The van der Waals surface area contributed by atoms with Crippen molar-refractivity contribution in [3.8, 4) is 0 Å². The van der Waals surface area contributed by atoms with Crippen LogP contribution in [0.2, 0.25) is 0 Å². The third-order valence-corrected chi connectivity index (χ3v) is 1.26. The molecule has 1 heterocycles. The average molecular weight is 110 g/mol. The fraction of sp³-hybridized carbons (Fsp3) is 0.500. The van der Waals surface area contributed by atoms with Crippen LogP contribution in [0.3, 0.4) is 0 Å². The lowest BCUT2D eigenvalue weighted by atomic mass is 10.6. The number of hydrogen-bond donors (Lipinski definition) is 0. The number of aromatic nitrogens is 2. The van der Waals surface area contributed by atoms with Crippen LogP contribution in [0.15, 0.2) is 12.4 Å². The topological polar surface area (TPSA) is 17.8 Å². The summed E-state index contributed by atoms with van der Waals surface area (Å²) in [6.45, 7) is 5.13. The number of imidazole rings is 1. The molecule has 1 aromatic heterocycles. The van der Waals surface area contributed by atoms with Crippen molar-refractivity contribution in [1.82, 2.24) is 9.55 Å². The van der Waals surface area contributed by atoms with Crippen LogP contribution in [0.1, 0.15) is 12.7 Å². The standard InChI is InChI=1S/C6H10N2/c1-3-8-5-4-7-6(8)2/h4-5H,3H2,1-2H3. The molecule has 0 N–H and O–H groups in total. The Morgan fingerprint density at radius 1 is 1.75 bits per heavy atom. The van der Waals surface area contributed by atoms with Crippen LogP contribution < -0.4 is 0 Å². The lowest BCUT2D eigenvalue weighted by molar-refractivity contribution is 0.730. The van der Waals surface area contributed by atoms with Crippen molar-refractivity contribution in [2.24, 2.45) is 0 Å². The van der Waals surface area contributed by atoms with Crippen molar-refractivity contribution in [2.45, 2.75) is 20.4 Å². The highest BCUT2D eigenvalue weighted by Gasteiger charge is 1.88. The lowest BCUT2D eigenvalue weighted by Crippen LogP contribution is -1.93. The van der Waals surface area contributed by atoms with Gasteiger partial charge in [-0.2, -0.15) is 0 Å². The van der Waals surface area contributed by atoms with Gasteiger partial charge in [0.25, 0.3) is 0 Å². The molecule has 0 amide bonds. The first-order valence-electron chi connectivity index (χ1n) is 2.82. The molecule has 0 spiro atoms. The summed E-state index contributed by atoms with van der Waals surface area (Å²) in [4.78, 5) is 4.05. The highest BCUT2D eigenvalue weighted by atomic mass is 15.0. The van der Waals surface area contributed by atoms with Crippen molar-refractivity contribution in [3.63, 3.8) is 0 Å². The summed E-state index contributed by atoms with van der Waals surface area (Å²) in [7, 11) is 0. The molecule has 0 unspecified atom stereocenters. The Balaban J connectivity index is 2.92. The molecular weight excluding hydrogens is 100 g/mol. The third kappa shape index (κ3) is 0.735. The Bertz CT molecular complexity index is 167. The van der Waals surface area contributed by atoms with Crippen molar-refractivity contribution in [3.05, 3.63) is 18.2 Å². The molecule has 1 aromatic rings. The normalized spacial score (nSPS) is 9.75. The Morgan fingerprint density at radius 3 is 2.75 bits per heavy atom. The minimum atomic E-state index is 1.02. The van der Waals surface area contributed by atoms with Gasteiger partial charge in [-0.3, -0.25) is 0 Å². The maximum Gasteiger partial charge on any atom is 0.105 e. The summed E-state index contributed by atoms with van der Waals surface area (Å²) in [5.74, 6) is 1.09. The first kappa shape index (κ1) is 5.35. The predicted molar refractivity (Wildman–Crippen MR) is 32.6 cm³/mol. The molecule has 0 aliphatic rings. The number of rotatable bonds is 1. The number of nitrogens with zero attached hydrogens (tertiary/aromatic N) is 2. The largest absolute Gasteiger partial charge is 0.335 e. The van der Waals surface area contributed by atoms with Gasteiger partial charge in [0.05, 0.1) is 0 Å². The lowest BCUT2D eigenvalue weighted by Gasteiger charge is -1.95. The van der Waals surface area contributed by atoms with Crippen molar-refractivity contribution < 1.29 is 0 Å². The Kier molecular flexibility index (Phi) is 1.33. The van der Waals surface area contributed by atoms with E-state index in [1.54, 1.807) is 0 Å². The molecule has 0 fully saturated rings. The molecule has 44 valence electrons. The molecule has 2 nitrogen and oxygen atoms in total. The molecule has 2 heteroatoms. The van der Waals surface area contributed by atoms with Gasteiger partial charge in [-0.05, 0) is 13.8 Å². The molecule has 0 atom stereocenters. The third-order valence-electron chi connectivity index (χ3n) is 1.26. The predicted octanol–water partition coefficient (Wildman–Crippen LogP) is 1.21. The zero-order chi connectivity index (χ0) is 5.98.